The Bertz CT molecular complexity index is 723. The van der Waals surface area contributed by atoms with Gasteiger partial charge < -0.3 is 9.73 Å². The van der Waals surface area contributed by atoms with Crippen molar-refractivity contribution in [2.45, 2.75) is 13.0 Å². The second-order valence-corrected chi connectivity index (χ2v) is 5.43. The molecule has 0 bridgehead atoms. The van der Waals surface area contributed by atoms with Crippen molar-refractivity contribution in [1.29, 1.82) is 0 Å². The molecule has 3 rings (SSSR count). The van der Waals surface area contributed by atoms with E-state index in [-0.39, 0.29) is 6.04 Å². The fourth-order valence-electron chi connectivity index (χ4n) is 2.35. The van der Waals surface area contributed by atoms with E-state index in [9.17, 15) is 0 Å². The monoisotopic (exact) mass is 330 g/mol. The van der Waals surface area contributed by atoms with Crippen LogP contribution in [0.3, 0.4) is 0 Å². The summed E-state index contributed by atoms with van der Waals surface area (Å²) in [5.74, 6) is 0.898. The third kappa shape index (κ3) is 2.49. The second-order valence-electron chi connectivity index (χ2n) is 4.58. The molecule has 1 aromatic carbocycles. The van der Waals surface area contributed by atoms with E-state index in [1.165, 1.54) is 5.56 Å². The Morgan fingerprint density at radius 3 is 2.95 bits per heavy atom. The third-order valence-electron chi connectivity index (χ3n) is 3.28. The van der Waals surface area contributed by atoms with Crippen LogP contribution in [0.1, 0.15) is 24.3 Å². The van der Waals surface area contributed by atoms with Crippen molar-refractivity contribution >= 4 is 26.8 Å². The standard InChI is InChI=1S/C16H15BrN2O/c1-2-18-15(16-13(17)7-9-20-16)12-5-6-14-11(10-12)4-3-8-19-14/h3-10,15,18H,2H2,1H3. The van der Waals surface area contributed by atoms with Gasteiger partial charge in [-0.25, -0.2) is 0 Å². The molecule has 0 fully saturated rings. The molecular weight excluding hydrogens is 316 g/mol. The Morgan fingerprint density at radius 1 is 1.30 bits per heavy atom. The molecule has 20 heavy (non-hydrogen) atoms. The first-order valence-electron chi connectivity index (χ1n) is 6.60. The number of fused-ring (bicyclic) bond motifs is 1. The summed E-state index contributed by atoms with van der Waals surface area (Å²) in [6, 6.07) is 12.3. The van der Waals surface area contributed by atoms with E-state index in [4.69, 9.17) is 4.42 Å². The molecule has 0 saturated carbocycles. The van der Waals surface area contributed by atoms with Crippen LogP contribution in [0.15, 0.2) is 57.7 Å². The van der Waals surface area contributed by atoms with Gasteiger partial charge >= 0.3 is 0 Å². The van der Waals surface area contributed by atoms with Crippen LogP contribution in [0.5, 0.6) is 0 Å². The predicted molar refractivity (Wildman–Crippen MR) is 83.7 cm³/mol. The molecular formula is C16H15BrN2O. The number of hydrogen-bond donors (Lipinski definition) is 1. The predicted octanol–water partition coefficient (Wildman–Crippen LogP) is 4.29. The topological polar surface area (TPSA) is 38.1 Å². The van der Waals surface area contributed by atoms with E-state index >= 15 is 0 Å². The van der Waals surface area contributed by atoms with Gasteiger partial charge in [0, 0.05) is 11.6 Å². The molecule has 0 saturated heterocycles. The maximum Gasteiger partial charge on any atom is 0.139 e. The number of furan rings is 1. The van der Waals surface area contributed by atoms with Gasteiger partial charge in [0.15, 0.2) is 0 Å². The first-order chi connectivity index (χ1) is 9.79. The van der Waals surface area contributed by atoms with E-state index < -0.39 is 0 Å². The molecule has 0 aliphatic rings. The molecule has 3 nitrogen and oxygen atoms in total. The number of aromatic nitrogens is 1. The van der Waals surface area contributed by atoms with Gasteiger partial charge in [-0.2, -0.15) is 0 Å². The molecule has 0 radical (unpaired) electrons. The van der Waals surface area contributed by atoms with Gasteiger partial charge in [0.25, 0.3) is 0 Å². The Kier molecular flexibility index (Phi) is 3.85. The van der Waals surface area contributed by atoms with Crippen LogP contribution < -0.4 is 5.32 Å². The van der Waals surface area contributed by atoms with Crippen molar-refractivity contribution in [1.82, 2.24) is 10.3 Å². The molecule has 0 amide bonds. The van der Waals surface area contributed by atoms with Gasteiger partial charge in [-0.15, -0.1) is 0 Å². The molecule has 2 aromatic heterocycles. The molecule has 0 spiro atoms. The lowest BCUT2D eigenvalue weighted by Gasteiger charge is -2.17. The molecule has 3 aromatic rings. The third-order valence-corrected chi connectivity index (χ3v) is 3.93. The highest BCUT2D eigenvalue weighted by molar-refractivity contribution is 9.10. The van der Waals surface area contributed by atoms with E-state index in [0.717, 1.165) is 27.7 Å². The smallest absolute Gasteiger partial charge is 0.139 e. The fourth-order valence-corrected chi connectivity index (χ4v) is 2.78. The number of hydrogen-bond acceptors (Lipinski definition) is 3. The highest BCUT2D eigenvalue weighted by Crippen LogP contribution is 2.30. The number of benzene rings is 1. The van der Waals surface area contributed by atoms with Crippen molar-refractivity contribution in [2.24, 2.45) is 0 Å². The maximum absolute atomic E-state index is 5.62. The van der Waals surface area contributed by atoms with Crippen molar-refractivity contribution < 1.29 is 4.42 Å². The Labute approximate surface area is 126 Å². The van der Waals surface area contributed by atoms with Crippen molar-refractivity contribution in [2.75, 3.05) is 6.54 Å². The minimum Gasteiger partial charge on any atom is -0.466 e. The highest BCUT2D eigenvalue weighted by Gasteiger charge is 2.19. The Balaban J connectivity index is 2.07. The average Bonchev–Trinajstić information content (AvgIpc) is 2.90. The summed E-state index contributed by atoms with van der Waals surface area (Å²) in [6.45, 7) is 2.95. The van der Waals surface area contributed by atoms with E-state index in [2.05, 4.69) is 51.4 Å². The normalized spacial score (nSPS) is 12.7. The molecule has 1 N–H and O–H groups in total. The van der Waals surface area contributed by atoms with Crippen LogP contribution in [-0.2, 0) is 0 Å². The van der Waals surface area contributed by atoms with Crippen LogP contribution in [-0.4, -0.2) is 11.5 Å². The Morgan fingerprint density at radius 2 is 2.20 bits per heavy atom. The van der Waals surface area contributed by atoms with E-state index in [1.807, 2.05) is 24.4 Å². The zero-order valence-corrected chi connectivity index (χ0v) is 12.7. The number of nitrogens with one attached hydrogen (secondary N) is 1. The van der Waals surface area contributed by atoms with Gasteiger partial charge in [0.05, 0.1) is 22.3 Å². The van der Waals surface area contributed by atoms with E-state index in [1.54, 1.807) is 6.26 Å². The Hall–Kier alpha value is -1.65. The summed E-state index contributed by atoms with van der Waals surface area (Å²) in [4.78, 5) is 4.35. The molecule has 1 atom stereocenters. The number of pyridine rings is 1. The minimum absolute atomic E-state index is 0.0361. The average molecular weight is 331 g/mol. The number of halogens is 1. The van der Waals surface area contributed by atoms with Crippen molar-refractivity contribution in [3.63, 3.8) is 0 Å². The summed E-state index contributed by atoms with van der Waals surface area (Å²) < 4.78 is 6.60. The quantitative estimate of drug-likeness (QED) is 0.775. The molecule has 1 unspecified atom stereocenters. The van der Waals surface area contributed by atoms with Gasteiger partial charge in [0.1, 0.15) is 5.76 Å². The minimum atomic E-state index is 0.0361. The fraction of sp³-hybridized carbons (Fsp3) is 0.188. The summed E-state index contributed by atoms with van der Waals surface area (Å²) >= 11 is 3.54. The van der Waals surface area contributed by atoms with Crippen molar-refractivity contribution in [3.05, 3.63) is 64.7 Å². The number of nitrogens with zero attached hydrogens (tertiary/aromatic N) is 1. The molecule has 0 aliphatic heterocycles. The SMILES string of the molecule is CCNC(c1ccc2ncccc2c1)c1occc1Br. The van der Waals surface area contributed by atoms with Gasteiger partial charge in [0.2, 0.25) is 0 Å². The summed E-state index contributed by atoms with van der Waals surface area (Å²) in [7, 11) is 0. The summed E-state index contributed by atoms with van der Waals surface area (Å²) in [6.07, 6.45) is 3.51. The highest BCUT2D eigenvalue weighted by atomic mass is 79.9. The lowest BCUT2D eigenvalue weighted by molar-refractivity contribution is 0.450. The first-order valence-corrected chi connectivity index (χ1v) is 7.40. The van der Waals surface area contributed by atoms with Crippen LogP contribution in [0.25, 0.3) is 10.9 Å². The molecule has 0 aliphatic carbocycles. The largest absolute Gasteiger partial charge is 0.466 e. The van der Waals surface area contributed by atoms with Gasteiger partial charge in [-0.05, 0) is 52.3 Å². The van der Waals surface area contributed by atoms with Gasteiger partial charge in [-0.1, -0.05) is 19.1 Å². The summed E-state index contributed by atoms with van der Waals surface area (Å²) in [5.41, 5.74) is 2.17. The molecule has 102 valence electrons. The zero-order chi connectivity index (χ0) is 13.9. The lowest BCUT2D eigenvalue weighted by Crippen LogP contribution is -2.21. The van der Waals surface area contributed by atoms with Crippen LogP contribution in [0.4, 0.5) is 0 Å². The first kappa shape index (κ1) is 13.3. The van der Waals surface area contributed by atoms with Crippen LogP contribution >= 0.6 is 15.9 Å². The molecule has 4 heteroatoms. The van der Waals surface area contributed by atoms with Crippen LogP contribution in [0.2, 0.25) is 0 Å². The van der Waals surface area contributed by atoms with E-state index in [0.29, 0.717) is 0 Å². The molecule has 2 heterocycles. The lowest BCUT2D eigenvalue weighted by atomic mass is 10.0. The second kappa shape index (κ2) is 5.77. The maximum atomic E-state index is 5.62. The number of rotatable bonds is 4. The van der Waals surface area contributed by atoms with Crippen molar-refractivity contribution in [3.8, 4) is 0 Å². The zero-order valence-electron chi connectivity index (χ0n) is 11.1. The van der Waals surface area contributed by atoms with Crippen LogP contribution in [0, 0.1) is 0 Å². The van der Waals surface area contributed by atoms with Gasteiger partial charge in [-0.3, -0.25) is 4.98 Å². The summed E-state index contributed by atoms with van der Waals surface area (Å²) in [5, 5.41) is 4.60.